The highest BCUT2D eigenvalue weighted by Crippen LogP contribution is 2.25. The SMILES string of the molecule is CCC(CC)[C@H](C[C@H](O)[C@H](Cc1ccccc1)NC(=O)c1cnc2ccccc2n1)C(N)=O. The van der Waals surface area contributed by atoms with Crippen molar-refractivity contribution in [3.63, 3.8) is 0 Å². The van der Waals surface area contributed by atoms with Gasteiger partial charge in [-0.2, -0.15) is 0 Å². The number of hydrogen-bond acceptors (Lipinski definition) is 5. The van der Waals surface area contributed by atoms with Gasteiger partial charge in [0.2, 0.25) is 5.91 Å². The Morgan fingerprint density at radius 3 is 2.27 bits per heavy atom. The van der Waals surface area contributed by atoms with E-state index in [0.717, 1.165) is 18.4 Å². The molecule has 0 spiro atoms. The minimum atomic E-state index is -0.958. The molecule has 0 aliphatic carbocycles. The highest BCUT2D eigenvalue weighted by molar-refractivity contribution is 5.94. The summed E-state index contributed by atoms with van der Waals surface area (Å²) in [6, 6.07) is 16.3. The summed E-state index contributed by atoms with van der Waals surface area (Å²) in [5, 5.41) is 14.1. The fourth-order valence-corrected chi connectivity index (χ4v) is 4.28. The Bertz CT molecular complexity index is 1070. The molecule has 0 aliphatic rings. The van der Waals surface area contributed by atoms with Crippen LogP contribution in [0.1, 0.15) is 49.2 Å². The first kappa shape index (κ1) is 24.3. The second-order valence-electron chi connectivity index (χ2n) is 8.40. The maximum absolute atomic E-state index is 13.0. The van der Waals surface area contributed by atoms with Gasteiger partial charge in [-0.1, -0.05) is 69.2 Å². The molecule has 7 nitrogen and oxygen atoms in total. The topological polar surface area (TPSA) is 118 Å². The Hall–Kier alpha value is -3.32. The summed E-state index contributed by atoms with van der Waals surface area (Å²) in [6.07, 6.45) is 2.64. The van der Waals surface area contributed by atoms with Crippen molar-refractivity contribution in [3.8, 4) is 0 Å². The van der Waals surface area contributed by atoms with Crippen LogP contribution >= 0.6 is 0 Å². The minimum absolute atomic E-state index is 0.0802. The number of carbonyl (C=O) groups is 2. The largest absolute Gasteiger partial charge is 0.391 e. The molecule has 2 amide bonds. The predicted octanol–water partition coefficient (Wildman–Crippen LogP) is 3.26. The Labute approximate surface area is 194 Å². The van der Waals surface area contributed by atoms with Gasteiger partial charge < -0.3 is 16.2 Å². The number of rotatable bonds is 11. The standard InChI is InChI=1S/C26H32N4O3/c1-3-18(4-2)19(25(27)32)15-24(31)22(14-17-10-6-5-7-11-17)30-26(33)23-16-28-20-12-8-9-13-21(20)29-23/h5-13,16,18-19,22,24,31H,3-4,14-15H2,1-2H3,(H2,27,32)(H,30,33)/t19-,22-,24-/m0/s1. The van der Waals surface area contributed by atoms with E-state index in [9.17, 15) is 14.7 Å². The van der Waals surface area contributed by atoms with Crippen molar-refractivity contribution in [1.82, 2.24) is 15.3 Å². The fourth-order valence-electron chi connectivity index (χ4n) is 4.28. The Morgan fingerprint density at radius 2 is 1.64 bits per heavy atom. The number of fused-ring (bicyclic) bond motifs is 1. The quantitative estimate of drug-likeness (QED) is 0.416. The second-order valence-corrected chi connectivity index (χ2v) is 8.40. The second kappa shape index (κ2) is 11.5. The van der Waals surface area contributed by atoms with E-state index in [0.29, 0.717) is 17.5 Å². The Morgan fingerprint density at radius 1 is 1.00 bits per heavy atom. The van der Waals surface area contributed by atoms with Gasteiger partial charge in [-0.05, 0) is 36.5 Å². The van der Waals surface area contributed by atoms with E-state index in [4.69, 9.17) is 5.73 Å². The fraction of sp³-hybridized carbons (Fsp3) is 0.385. The molecule has 3 aromatic rings. The van der Waals surface area contributed by atoms with Gasteiger partial charge in [-0.15, -0.1) is 0 Å². The maximum Gasteiger partial charge on any atom is 0.271 e. The van der Waals surface area contributed by atoms with Crippen molar-refractivity contribution in [2.75, 3.05) is 0 Å². The van der Waals surface area contributed by atoms with Crippen LogP contribution in [0.4, 0.5) is 0 Å². The molecule has 0 saturated carbocycles. The van der Waals surface area contributed by atoms with Crippen molar-refractivity contribution in [1.29, 1.82) is 0 Å². The van der Waals surface area contributed by atoms with E-state index in [1.165, 1.54) is 6.20 Å². The number of nitrogens with one attached hydrogen (secondary N) is 1. The third-order valence-corrected chi connectivity index (χ3v) is 6.24. The molecule has 174 valence electrons. The average Bonchev–Trinajstić information content (AvgIpc) is 2.83. The van der Waals surface area contributed by atoms with Crippen molar-refractivity contribution in [2.24, 2.45) is 17.6 Å². The zero-order valence-corrected chi connectivity index (χ0v) is 19.1. The van der Waals surface area contributed by atoms with Gasteiger partial charge in [-0.3, -0.25) is 14.6 Å². The van der Waals surface area contributed by atoms with Crippen LogP contribution in [0.2, 0.25) is 0 Å². The number of benzene rings is 2. The molecule has 4 N–H and O–H groups in total. The number of para-hydroxylation sites is 2. The Balaban J connectivity index is 1.83. The maximum atomic E-state index is 13.0. The van der Waals surface area contributed by atoms with Crippen LogP contribution in [0.15, 0.2) is 60.8 Å². The summed E-state index contributed by atoms with van der Waals surface area (Å²) in [5.41, 5.74) is 8.13. The Kier molecular flexibility index (Phi) is 8.49. The first-order chi connectivity index (χ1) is 15.9. The summed E-state index contributed by atoms with van der Waals surface area (Å²) in [5.74, 6) is -1.23. The zero-order valence-electron chi connectivity index (χ0n) is 19.1. The van der Waals surface area contributed by atoms with Crippen LogP contribution in [0, 0.1) is 11.8 Å². The van der Waals surface area contributed by atoms with Crippen molar-refractivity contribution in [3.05, 3.63) is 72.1 Å². The summed E-state index contributed by atoms with van der Waals surface area (Å²) in [7, 11) is 0. The normalized spacial score (nSPS) is 14.1. The number of aliphatic hydroxyl groups is 1. The van der Waals surface area contributed by atoms with Crippen molar-refractivity contribution in [2.45, 2.75) is 51.7 Å². The van der Waals surface area contributed by atoms with E-state index in [-0.39, 0.29) is 18.0 Å². The molecule has 1 heterocycles. The molecular weight excluding hydrogens is 416 g/mol. The summed E-state index contributed by atoms with van der Waals surface area (Å²) in [6.45, 7) is 4.02. The predicted molar refractivity (Wildman–Crippen MR) is 128 cm³/mol. The molecule has 0 fully saturated rings. The van der Waals surface area contributed by atoms with Crippen LogP contribution in [-0.2, 0) is 11.2 Å². The zero-order chi connectivity index (χ0) is 23.8. The molecule has 0 bridgehead atoms. The molecule has 3 rings (SSSR count). The van der Waals surface area contributed by atoms with Gasteiger partial charge in [0.1, 0.15) is 5.69 Å². The van der Waals surface area contributed by atoms with Gasteiger partial charge >= 0.3 is 0 Å². The third-order valence-electron chi connectivity index (χ3n) is 6.24. The minimum Gasteiger partial charge on any atom is -0.391 e. The lowest BCUT2D eigenvalue weighted by molar-refractivity contribution is -0.125. The molecule has 0 saturated heterocycles. The smallest absolute Gasteiger partial charge is 0.271 e. The lowest BCUT2D eigenvalue weighted by Gasteiger charge is -2.29. The highest BCUT2D eigenvalue weighted by atomic mass is 16.3. The number of aliphatic hydroxyl groups excluding tert-OH is 1. The van der Waals surface area contributed by atoms with Crippen LogP contribution in [-0.4, -0.2) is 39.0 Å². The molecule has 0 aliphatic heterocycles. The number of primary amides is 1. The van der Waals surface area contributed by atoms with Crippen LogP contribution in [0.5, 0.6) is 0 Å². The summed E-state index contributed by atoms with van der Waals surface area (Å²) < 4.78 is 0. The number of aromatic nitrogens is 2. The number of hydrogen-bond donors (Lipinski definition) is 3. The van der Waals surface area contributed by atoms with Gasteiger partial charge in [0.25, 0.3) is 5.91 Å². The van der Waals surface area contributed by atoms with E-state index in [1.54, 1.807) is 6.07 Å². The highest BCUT2D eigenvalue weighted by Gasteiger charge is 2.31. The summed E-state index contributed by atoms with van der Waals surface area (Å²) >= 11 is 0. The third kappa shape index (κ3) is 6.35. The van der Waals surface area contributed by atoms with Crippen molar-refractivity contribution < 1.29 is 14.7 Å². The number of amides is 2. The lowest BCUT2D eigenvalue weighted by atomic mass is 9.81. The molecule has 33 heavy (non-hydrogen) atoms. The van der Waals surface area contributed by atoms with Gasteiger partial charge in [0, 0.05) is 5.92 Å². The molecule has 0 radical (unpaired) electrons. The molecule has 2 aromatic carbocycles. The number of carbonyl (C=O) groups excluding carboxylic acids is 2. The van der Waals surface area contributed by atoms with Crippen LogP contribution in [0.25, 0.3) is 11.0 Å². The molecule has 1 aromatic heterocycles. The van der Waals surface area contributed by atoms with Gasteiger partial charge in [0.05, 0.1) is 29.4 Å². The van der Waals surface area contributed by atoms with Crippen molar-refractivity contribution >= 4 is 22.8 Å². The van der Waals surface area contributed by atoms with Crippen LogP contribution in [0.3, 0.4) is 0 Å². The van der Waals surface area contributed by atoms with Gasteiger partial charge in [-0.25, -0.2) is 4.98 Å². The summed E-state index contributed by atoms with van der Waals surface area (Å²) in [4.78, 5) is 33.9. The van der Waals surface area contributed by atoms with E-state index < -0.39 is 29.9 Å². The van der Waals surface area contributed by atoms with Crippen LogP contribution < -0.4 is 11.1 Å². The number of nitrogens with two attached hydrogens (primary N) is 1. The van der Waals surface area contributed by atoms with E-state index in [1.807, 2.05) is 62.4 Å². The average molecular weight is 449 g/mol. The lowest BCUT2D eigenvalue weighted by Crippen LogP contribution is -2.47. The monoisotopic (exact) mass is 448 g/mol. The van der Waals surface area contributed by atoms with Gasteiger partial charge in [0.15, 0.2) is 0 Å². The number of nitrogens with zero attached hydrogens (tertiary/aromatic N) is 2. The molecule has 0 unspecified atom stereocenters. The first-order valence-electron chi connectivity index (χ1n) is 11.5. The van der Waals surface area contributed by atoms with E-state index in [2.05, 4.69) is 15.3 Å². The molecular formula is C26H32N4O3. The molecule has 3 atom stereocenters. The molecule has 7 heteroatoms. The first-order valence-corrected chi connectivity index (χ1v) is 11.5. The van der Waals surface area contributed by atoms with E-state index >= 15 is 0 Å².